The Kier molecular flexibility index (Phi) is 34.1. The number of imide groups is 1. The average Bonchev–Trinajstić information content (AvgIpc) is 1.63. The Hall–Kier alpha value is -11.5. The number of aliphatic hydroxyl groups excluding tert-OH is 1. The second-order valence-electron chi connectivity index (χ2n) is 27.4. The number of H-pyrrole nitrogens is 2. The number of thioether (sulfide) groups is 1. The fourth-order valence-electron chi connectivity index (χ4n) is 11.8. The van der Waals surface area contributed by atoms with Crippen LogP contribution in [0.3, 0.4) is 0 Å². The fourth-order valence-corrected chi connectivity index (χ4v) is 12.5. The molecule has 0 saturated carbocycles. The number of rotatable bonds is 43. The summed E-state index contributed by atoms with van der Waals surface area (Å²) < 4.78 is 0. The summed E-state index contributed by atoms with van der Waals surface area (Å²) in [7, 11) is 0. The molecule has 14 amide bonds. The van der Waals surface area contributed by atoms with E-state index < -0.39 is 173 Å². The Morgan fingerprint density at radius 2 is 1.06 bits per heavy atom. The molecule has 110 heavy (non-hydrogen) atoms. The second kappa shape index (κ2) is 42.9. The van der Waals surface area contributed by atoms with E-state index >= 15 is 0 Å². The molecule has 0 saturated heterocycles. The number of urea groups is 1. The van der Waals surface area contributed by atoms with Crippen molar-refractivity contribution in [3.63, 3.8) is 0 Å². The van der Waals surface area contributed by atoms with E-state index in [2.05, 4.69) is 68.5 Å². The maximum absolute atomic E-state index is 14.8. The summed E-state index contributed by atoms with van der Waals surface area (Å²) in [4.78, 5) is 199. The van der Waals surface area contributed by atoms with Crippen molar-refractivity contribution in [2.24, 2.45) is 46.4 Å². The number of carbonyl (C=O) groups is 14. The molecule has 0 spiro atoms. The number of aromatic nitrogens is 2. The monoisotopic (exact) mass is 1540 g/mol. The Morgan fingerprint density at radius 1 is 0.536 bits per heavy atom. The van der Waals surface area contributed by atoms with Gasteiger partial charge in [-0.1, -0.05) is 127 Å². The summed E-state index contributed by atoms with van der Waals surface area (Å²) in [6.07, 6.45) is 3.72. The molecule has 2 aromatic heterocycles. The van der Waals surface area contributed by atoms with Crippen molar-refractivity contribution in [3.8, 4) is 0 Å². The third kappa shape index (κ3) is 26.4. The third-order valence-corrected chi connectivity index (χ3v) is 19.2. The number of aliphatic hydroxyl groups is 1. The van der Waals surface area contributed by atoms with Gasteiger partial charge in [0.1, 0.15) is 54.6 Å². The van der Waals surface area contributed by atoms with Gasteiger partial charge in [0.05, 0.1) is 25.1 Å². The lowest BCUT2D eigenvalue weighted by atomic mass is 9.96. The molecule has 0 aliphatic rings. The van der Waals surface area contributed by atoms with E-state index in [4.69, 9.17) is 34.1 Å². The van der Waals surface area contributed by atoms with Crippen LogP contribution in [0.4, 0.5) is 9.59 Å². The first-order chi connectivity index (χ1) is 52.3. The fraction of sp³-hybridized carbons (Fsp3) is 0.446. The van der Waals surface area contributed by atoms with Crippen molar-refractivity contribution >= 4 is 133 Å². The van der Waals surface area contributed by atoms with E-state index in [9.17, 15) is 72.2 Å². The summed E-state index contributed by atoms with van der Waals surface area (Å²) in [5.74, 6) is -13.1. The van der Waals surface area contributed by atoms with Crippen LogP contribution in [0, 0.1) is 23.2 Å². The number of fused-ring (bicyclic) bond motifs is 3. The molecule has 0 radical (unpaired) electrons. The van der Waals surface area contributed by atoms with Crippen LogP contribution in [0.2, 0.25) is 0 Å². The number of guanidine groups is 1. The highest BCUT2D eigenvalue weighted by Gasteiger charge is 2.38. The lowest BCUT2D eigenvalue weighted by Gasteiger charge is -2.29. The lowest BCUT2D eigenvalue weighted by Crippen LogP contribution is -2.61. The van der Waals surface area contributed by atoms with Gasteiger partial charge in [-0.2, -0.15) is 0 Å². The normalized spacial score (nSPS) is 14.6. The van der Waals surface area contributed by atoms with E-state index in [1.807, 2.05) is 47.8 Å². The number of carbonyl (C=O) groups excluding carboxylic acids is 14. The van der Waals surface area contributed by atoms with Gasteiger partial charge < -0.3 is 107 Å². The van der Waals surface area contributed by atoms with Gasteiger partial charge in [0.2, 0.25) is 53.2 Å². The molecule has 2 heterocycles. The summed E-state index contributed by atoms with van der Waals surface area (Å²) in [6.45, 7) is 9.06. The van der Waals surface area contributed by atoms with Gasteiger partial charge >= 0.3 is 6.03 Å². The van der Waals surface area contributed by atoms with Crippen LogP contribution < -0.4 is 92.5 Å². The van der Waals surface area contributed by atoms with Gasteiger partial charge in [0.15, 0.2) is 11.3 Å². The molecule has 4 aromatic carbocycles. The van der Waals surface area contributed by atoms with Crippen molar-refractivity contribution in [1.29, 1.82) is 5.41 Å². The summed E-state index contributed by atoms with van der Waals surface area (Å²) in [5, 5.41) is 48.0. The zero-order valence-electron chi connectivity index (χ0n) is 62.1. The van der Waals surface area contributed by atoms with Gasteiger partial charge in [-0.05, 0) is 108 Å². The first-order valence-corrected chi connectivity index (χ1v) is 37.0. The molecule has 0 fully saturated rings. The molecule has 36 heteroatoms. The highest BCUT2D eigenvalue weighted by Crippen LogP contribution is 2.23. The van der Waals surface area contributed by atoms with E-state index in [1.165, 1.54) is 0 Å². The number of hydrogen-bond donors (Lipinski definition) is 21. The Labute approximate surface area is 639 Å². The molecular formula is C74H102N20O15S. The first kappa shape index (κ1) is 87.4. The quantitative estimate of drug-likeness (QED) is 0.00740. The Morgan fingerprint density at radius 3 is 1.64 bits per heavy atom. The predicted octanol–water partition coefficient (Wildman–Crippen LogP) is -0.698. The molecule has 594 valence electrons. The number of hydrogen-bond acceptors (Lipinski definition) is 19. The van der Waals surface area contributed by atoms with Gasteiger partial charge in [0.25, 0.3) is 17.1 Å². The molecule has 0 aliphatic heterocycles. The van der Waals surface area contributed by atoms with Crippen molar-refractivity contribution in [2.75, 3.05) is 19.7 Å². The van der Waals surface area contributed by atoms with Crippen LogP contribution in [-0.2, 0) is 76.8 Å². The van der Waals surface area contributed by atoms with Crippen molar-refractivity contribution in [2.45, 2.75) is 172 Å². The van der Waals surface area contributed by atoms with Crippen LogP contribution in [0.15, 0.2) is 103 Å². The van der Waals surface area contributed by atoms with Gasteiger partial charge in [-0.25, -0.2) is 4.79 Å². The molecule has 12 atom stereocenters. The lowest BCUT2D eigenvalue weighted by molar-refractivity contribution is -0.134. The maximum atomic E-state index is 14.8. The largest absolute Gasteiger partial charge is 0.394 e. The second-order valence-corrected chi connectivity index (χ2v) is 28.5. The number of nitrogens with two attached hydrogens (primary N) is 5. The first-order valence-electron chi connectivity index (χ1n) is 36.1. The number of primary amides is 2. The molecule has 6 aromatic rings. The van der Waals surface area contributed by atoms with Gasteiger partial charge in [0, 0.05) is 60.0 Å². The summed E-state index contributed by atoms with van der Waals surface area (Å²) in [6, 6.07) is 11.1. The standard InChI is InChI=1S/C74H102N20O15S/c1-7-40(6)60(70(107)88-56(37-96)67(104)94-73(108)89-52(24-16-28-81-72(79)80)63(100)87-55(33-57(76)97)64(101)84-46(36-95)31-44-34-82-49-21-12-10-19-47(44)49)92-65(102)53(30-41-25-26-42-17-8-9-18-43(42)29-41)90-74(109)110-71(61(78)98)93-69(106)59(39(4)5)91-66(103)54(32-45-35-83-50-22-13-11-20-48(45)50)86-62(99)51(23-14-15-27-75)85-68(105)58(77)38(2)3/h8-13,17-22,25-26,29,34-36,38-40,46,51-56,58-60,71,82-83,96H,7,14-16,23-24,27-28,30-33,37,75,77H2,1-6H3,(H2,76,97)(H2,78,98)(H,84,101)(H,85,105)(H,86,99)(H,87,100)(H,88,107)(H,90,109)(H,91,103)(H,92,102)(H,93,106)(H4,79,80,81)(H2,89,94,104,108)/t40-,46-,51-,52+,53-,54-,55-,56-,58-,59-,60-,71-/m0/s1. The number of para-hydroxylation sites is 2. The molecule has 0 bridgehead atoms. The topological polar surface area (TPSA) is 589 Å². The van der Waals surface area contributed by atoms with Crippen LogP contribution in [0.25, 0.3) is 32.6 Å². The van der Waals surface area contributed by atoms with E-state index in [1.54, 1.807) is 102 Å². The SMILES string of the molecule is CC[C@H](C)[C@H](NC(=O)[C@H](Cc1ccc2ccccc2c1)NC(=O)S[C@H](NC(=O)[C@@H](NC(=O)[C@H](Cc1c[nH]c2ccccc12)NC(=O)[C@H](CCCCN)NC(=O)[C@@H](N)C(C)C)C(C)C)C(N)=O)C(=O)N[C@@H](CO)C(=O)NC(=O)N[C@H](CCCNC(=N)N)C(=O)N[C@@H](CC(N)=O)C(=O)N[C@H](C=O)Cc1c[nH]c2ccccc12. The molecule has 35 nitrogen and oxygen atoms in total. The Balaban J connectivity index is 1.17. The molecule has 0 aliphatic carbocycles. The van der Waals surface area contributed by atoms with Crippen LogP contribution in [0.5, 0.6) is 0 Å². The highest BCUT2D eigenvalue weighted by atomic mass is 32.2. The van der Waals surface area contributed by atoms with Gasteiger partial charge in [-0.3, -0.25) is 68.3 Å². The zero-order valence-corrected chi connectivity index (χ0v) is 62.9. The van der Waals surface area contributed by atoms with Crippen LogP contribution >= 0.6 is 11.8 Å². The minimum Gasteiger partial charge on any atom is -0.394 e. The number of benzene rings is 4. The zero-order chi connectivity index (χ0) is 80.9. The minimum absolute atomic E-state index is 0.0104. The van der Waals surface area contributed by atoms with E-state index in [0.29, 0.717) is 42.4 Å². The third-order valence-electron chi connectivity index (χ3n) is 18.3. The number of aldehydes is 1. The summed E-state index contributed by atoms with van der Waals surface area (Å²) in [5.41, 5.74) is 31.9. The minimum atomic E-state index is -1.92. The van der Waals surface area contributed by atoms with Crippen LogP contribution in [-0.4, -0.2) is 189 Å². The molecule has 6 rings (SSSR count). The summed E-state index contributed by atoms with van der Waals surface area (Å²) >= 11 is 0.174. The van der Waals surface area contributed by atoms with Crippen molar-refractivity contribution in [1.82, 2.24) is 73.8 Å². The number of amides is 14. The number of aromatic amines is 2. The van der Waals surface area contributed by atoms with Crippen molar-refractivity contribution in [3.05, 3.63) is 120 Å². The maximum Gasteiger partial charge on any atom is 0.322 e. The molecular weight excluding hydrogens is 1440 g/mol. The molecule has 0 unspecified atom stereocenters. The highest BCUT2D eigenvalue weighted by molar-refractivity contribution is 8.14. The predicted molar refractivity (Wildman–Crippen MR) is 413 cm³/mol. The van der Waals surface area contributed by atoms with Crippen molar-refractivity contribution < 1.29 is 72.2 Å². The molecule has 26 N–H and O–H groups in total. The van der Waals surface area contributed by atoms with E-state index in [0.717, 1.165) is 32.6 Å². The average molecular weight is 1540 g/mol. The van der Waals surface area contributed by atoms with E-state index in [-0.39, 0.29) is 69.2 Å². The Bertz CT molecular complexity index is 4260. The number of nitrogens with one attached hydrogen (secondary N) is 15. The number of unbranched alkanes of at least 4 members (excludes halogenated alkanes) is 1. The van der Waals surface area contributed by atoms with Crippen LogP contribution in [0.1, 0.15) is 103 Å². The smallest absolute Gasteiger partial charge is 0.322 e. The van der Waals surface area contributed by atoms with Gasteiger partial charge in [-0.15, -0.1) is 0 Å².